The van der Waals surface area contributed by atoms with Crippen LogP contribution in [0.1, 0.15) is 26.7 Å². The number of nitrogens with one attached hydrogen (secondary N) is 1. The second kappa shape index (κ2) is 6.02. The second-order valence-corrected chi connectivity index (χ2v) is 6.32. The Morgan fingerprint density at radius 2 is 1.86 bits per heavy atom. The number of benzene rings is 1. The van der Waals surface area contributed by atoms with Crippen LogP contribution in [0.3, 0.4) is 0 Å². The zero-order chi connectivity index (χ0) is 14.8. The van der Waals surface area contributed by atoms with Gasteiger partial charge in [-0.25, -0.2) is 9.97 Å². The molecular formula is C17H20ClN3. The van der Waals surface area contributed by atoms with Crippen LogP contribution in [0.5, 0.6) is 0 Å². The van der Waals surface area contributed by atoms with Crippen molar-refractivity contribution in [2.75, 3.05) is 5.32 Å². The average Bonchev–Trinajstić information content (AvgIpc) is 2.80. The first-order valence-corrected chi connectivity index (χ1v) is 7.88. The first kappa shape index (κ1) is 14.3. The lowest BCUT2D eigenvalue weighted by atomic mass is 9.98. The van der Waals surface area contributed by atoms with E-state index in [1.165, 1.54) is 12.8 Å². The molecule has 1 aliphatic carbocycles. The predicted octanol–water partition coefficient (Wildman–Crippen LogP) is 4.64. The fraction of sp³-hybridized carbons (Fsp3) is 0.412. The minimum absolute atomic E-state index is 0.467. The van der Waals surface area contributed by atoms with Gasteiger partial charge in [-0.2, -0.15) is 0 Å². The van der Waals surface area contributed by atoms with Gasteiger partial charge in [0.05, 0.1) is 0 Å². The van der Waals surface area contributed by atoms with Gasteiger partial charge in [-0.3, -0.25) is 0 Å². The zero-order valence-corrected chi connectivity index (χ0v) is 13.1. The molecule has 0 amide bonds. The largest absolute Gasteiger partial charge is 0.367 e. The lowest BCUT2D eigenvalue weighted by molar-refractivity contribution is 0.435. The molecule has 3 unspecified atom stereocenters. The van der Waals surface area contributed by atoms with Crippen molar-refractivity contribution >= 4 is 17.4 Å². The maximum absolute atomic E-state index is 6.16. The maximum atomic E-state index is 6.16. The van der Waals surface area contributed by atoms with Crippen LogP contribution in [0.2, 0.25) is 5.15 Å². The topological polar surface area (TPSA) is 37.8 Å². The molecule has 3 nitrogen and oxygen atoms in total. The van der Waals surface area contributed by atoms with Crippen LogP contribution >= 0.6 is 11.6 Å². The average molecular weight is 302 g/mol. The zero-order valence-electron chi connectivity index (χ0n) is 12.4. The van der Waals surface area contributed by atoms with Gasteiger partial charge in [-0.05, 0) is 24.7 Å². The van der Waals surface area contributed by atoms with Gasteiger partial charge in [-0.1, -0.05) is 55.8 Å². The van der Waals surface area contributed by atoms with Gasteiger partial charge >= 0.3 is 0 Å². The van der Waals surface area contributed by atoms with Crippen molar-refractivity contribution in [1.29, 1.82) is 0 Å². The Kier molecular flexibility index (Phi) is 4.11. The Morgan fingerprint density at radius 1 is 1.10 bits per heavy atom. The predicted molar refractivity (Wildman–Crippen MR) is 87.5 cm³/mol. The van der Waals surface area contributed by atoms with Crippen molar-refractivity contribution in [1.82, 2.24) is 9.97 Å². The number of halogens is 1. The highest BCUT2D eigenvalue weighted by Crippen LogP contribution is 2.33. The van der Waals surface area contributed by atoms with E-state index in [4.69, 9.17) is 11.6 Å². The third-order valence-electron chi connectivity index (χ3n) is 4.53. The van der Waals surface area contributed by atoms with Crippen molar-refractivity contribution in [2.24, 2.45) is 11.8 Å². The Labute approximate surface area is 130 Å². The normalized spacial score (nSPS) is 25.0. The molecule has 3 rings (SSSR count). The number of hydrogen-bond donors (Lipinski definition) is 1. The third kappa shape index (κ3) is 3.18. The van der Waals surface area contributed by atoms with Crippen LogP contribution in [0, 0.1) is 11.8 Å². The summed E-state index contributed by atoms with van der Waals surface area (Å²) in [6, 6.07) is 12.2. The first-order chi connectivity index (χ1) is 10.1. The van der Waals surface area contributed by atoms with Crippen LogP contribution in [-0.4, -0.2) is 16.0 Å². The Bertz CT molecular complexity index is 615. The third-order valence-corrected chi connectivity index (χ3v) is 4.72. The number of hydrogen-bond acceptors (Lipinski definition) is 3. The van der Waals surface area contributed by atoms with Crippen molar-refractivity contribution in [2.45, 2.75) is 32.7 Å². The summed E-state index contributed by atoms with van der Waals surface area (Å²) >= 11 is 6.16. The number of aromatic nitrogens is 2. The van der Waals surface area contributed by atoms with E-state index in [1.54, 1.807) is 0 Å². The molecule has 0 bridgehead atoms. The minimum atomic E-state index is 0.467. The van der Waals surface area contributed by atoms with Crippen LogP contribution in [-0.2, 0) is 0 Å². The summed E-state index contributed by atoms with van der Waals surface area (Å²) < 4.78 is 0. The van der Waals surface area contributed by atoms with E-state index in [0.717, 1.165) is 17.3 Å². The van der Waals surface area contributed by atoms with Gasteiger partial charge < -0.3 is 5.32 Å². The Balaban J connectivity index is 1.85. The van der Waals surface area contributed by atoms with E-state index in [9.17, 15) is 0 Å². The van der Waals surface area contributed by atoms with E-state index in [-0.39, 0.29) is 0 Å². The molecule has 3 atom stereocenters. The molecule has 2 aromatic rings. The quantitative estimate of drug-likeness (QED) is 0.839. The summed E-state index contributed by atoms with van der Waals surface area (Å²) in [6.45, 7) is 4.62. The van der Waals surface area contributed by atoms with Gasteiger partial charge in [0.2, 0.25) is 0 Å². The monoisotopic (exact) mass is 301 g/mol. The number of rotatable bonds is 3. The van der Waals surface area contributed by atoms with Gasteiger partial charge in [0, 0.05) is 17.7 Å². The fourth-order valence-electron chi connectivity index (χ4n) is 2.97. The van der Waals surface area contributed by atoms with E-state index in [0.29, 0.717) is 22.9 Å². The van der Waals surface area contributed by atoms with Crippen molar-refractivity contribution in [3.8, 4) is 11.4 Å². The number of nitrogens with zero attached hydrogens (tertiary/aromatic N) is 2. The second-order valence-electron chi connectivity index (χ2n) is 5.93. The lowest BCUT2D eigenvalue weighted by Gasteiger charge is -2.20. The first-order valence-electron chi connectivity index (χ1n) is 7.50. The molecule has 1 fully saturated rings. The standard InChI is InChI=1S/C17H20ClN3/c1-11-8-9-14(12(11)2)19-16-10-15(18)20-17(21-16)13-6-4-3-5-7-13/h3-7,10-12,14H,8-9H2,1-2H3,(H,19,20,21). The van der Waals surface area contributed by atoms with E-state index in [1.807, 2.05) is 36.4 Å². The van der Waals surface area contributed by atoms with Crippen molar-refractivity contribution < 1.29 is 0 Å². The van der Waals surface area contributed by atoms with Gasteiger partial charge in [-0.15, -0.1) is 0 Å². The number of anilines is 1. The highest BCUT2D eigenvalue weighted by atomic mass is 35.5. The minimum Gasteiger partial charge on any atom is -0.367 e. The van der Waals surface area contributed by atoms with Crippen LogP contribution < -0.4 is 5.32 Å². The molecule has 1 saturated carbocycles. The smallest absolute Gasteiger partial charge is 0.163 e. The SMILES string of the molecule is CC1CCC(Nc2cc(Cl)nc(-c3ccccc3)n2)C1C. The molecule has 1 N–H and O–H groups in total. The van der Waals surface area contributed by atoms with Gasteiger partial charge in [0.25, 0.3) is 0 Å². The lowest BCUT2D eigenvalue weighted by Crippen LogP contribution is -2.24. The summed E-state index contributed by atoms with van der Waals surface area (Å²) in [7, 11) is 0. The van der Waals surface area contributed by atoms with Crippen molar-refractivity contribution in [3.63, 3.8) is 0 Å². The highest BCUT2D eigenvalue weighted by molar-refractivity contribution is 6.29. The summed E-state index contributed by atoms with van der Waals surface area (Å²) in [5.74, 6) is 2.90. The summed E-state index contributed by atoms with van der Waals surface area (Å²) in [4.78, 5) is 8.95. The molecule has 4 heteroatoms. The maximum Gasteiger partial charge on any atom is 0.163 e. The van der Waals surface area contributed by atoms with E-state index < -0.39 is 0 Å². The molecule has 21 heavy (non-hydrogen) atoms. The molecule has 1 aromatic heterocycles. The molecule has 0 aliphatic heterocycles. The summed E-state index contributed by atoms with van der Waals surface area (Å²) in [5, 5.41) is 4.01. The van der Waals surface area contributed by atoms with Gasteiger partial charge in [0.1, 0.15) is 11.0 Å². The van der Waals surface area contributed by atoms with Crippen LogP contribution in [0.4, 0.5) is 5.82 Å². The molecule has 0 spiro atoms. The molecular weight excluding hydrogens is 282 g/mol. The molecule has 1 heterocycles. The van der Waals surface area contributed by atoms with Gasteiger partial charge in [0.15, 0.2) is 5.82 Å². The molecule has 1 aliphatic rings. The molecule has 110 valence electrons. The molecule has 1 aromatic carbocycles. The molecule has 0 saturated heterocycles. The highest BCUT2D eigenvalue weighted by Gasteiger charge is 2.29. The Hall–Kier alpha value is -1.61. The van der Waals surface area contributed by atoms with Crippen LogP contribution in [0.25, 0.3) is 11.4 Å². The van der Waals surface area contributed by atoms with Crippen molar-refractivity contribution in [3.05, 3.63) is 41.6 Å². The van der Waals surface area contributed by atoms with E-state index in [2.05, 4.69) is 29.1 Å². The summed E-state index contributed by atoms with van der Waals surface area (Å²) in [5.41, 5.74) is 0.982. The van der Waals surface area contributed by atoms with Crippen LogP contribution in [0.15, 0.2) is 36.4 Å². The van der Waals surface area contributed by atoms with E-state index >= 15 is 0 Å². The fourth-order valence-corrected chi connectivity index (χ4v) is 3.15. The Morgan fingerprint density at radius 3 is 2.52 bits per heavy atom. The molecule has 0 radical (unpaired) electrons. The summed E-state index contributed by atoms with van der Waals surface area (Å²) in [6.07, 6.45) is 2.45.